The molecule has 4 rings (SSSR count). The Kier molecular flexibility index (Phi) is 6.59. The van der Waals surface area contributed by atoms with Gasteiger partial charge in [-0.05, 0) is 48.9 Å². The smallest absolute Gasteiger partial charge is 0.269 e. The lowest BCUT2D eigenvalue weighted by molar-refractivity contribution is -0.384. The summed E-state index contributed by atoms with van der Waals surface area (Å²) in [5.41, 5.74) is 2.26. The maximum Gasteiger partial charge on any atom is 0.269 e. The number of carbonyl (C=O) groups excluding carboxylic acids is 3. The molecule has 0 bridgehead atoms. The molecule has 1 saturated heterocycles. The number of nitro benzene ring substituents is 1. The molecule has 1 aliphatic rings. The van der Waals surface area contributed by atoms with Crippen molar-refractivity contribution < 1.29 is 24.0 Å². The molecule has 178 valence electrons. The first kappa shape index (κ1) is 23.6. The number of hydrogen-bond acceptors (Lipinski definition) is 6. The lowest BCUT2D eigenvalue weighted by Crippen LogP contribution is -2.45. The van der Waals surface area contributed by atoms with Gasteiger partial charge in [0.05, 0.1) is 24.1 Å². The minimum absolute atomic E-state index is 0.0935. The predicted molar refractivity (Wildman–Crippen MR) is 128 cm³/mol. The standard InChI is InChI=1S/C26H23N3O6/c1-17-3-5-18(6-4-17)16-27(25(31)19-7-9-21(10-8-19)29(33)34)23-15-24(30)28(26(23)32)20-11-13-22(35-2)14-12-20/h3-14,23H,15-16H2,1-2H3. The zero-order chi connectivity index (χ0) is 25.1. The number of methoxy groups -OCH3 is 1. The molecule has 1 heterocycles. The molecule has 9 nitrogen and oxygen atoms in total. The van der Waals surface area contributed by atoms with Crippen LogP contribution in [0.15, 0.2) is 72.8 Å². The lowest BCUT2D eigenvalue weighted by Gasteiger charge is -2.28. The third-order valence-electron chi connectivity index (χ3n) is 5.89. The molecule has 9 heteroatoms. The number of hydrogen-bond donors (Lipinski definition) is 0. The van der Waals surface area contributed by atoms with Crippen LogP contribution in [0.3, 0.4) is 0 Å². The monoisotopic (exact) mass is 473 g/mol. The number of anilines is 1. The second kappa shape index (κ2) is 9.76. The summed E-state index contributed by atoms with van der Waals surface area (Å²) in [6, 6.07) is 18.2. The zero-order valence-electron chi connectivity index (χ0n) is 19.2. The van der Waals surface area contributed by atoms with Gasteiger partial charge in [-0.15, -0.1) is 0 Å². The topological polar surface area (TPSA) is 110 Å². The van der Waals surface area contributed by atoms with E-state index in [2.05, 4.69) is 0 Å². The van der Waals surface area contributed by atoms with Crippen LogP contribution in [0.2, 0.25) is 0 Å². The zero-order valence-corrected chi connectivity index (χ0v) is 19.2. The molecule has 0 radical (unpaired) electrons. The van der Waals surface area contributed by atoms with Crippen LogP contribution < -0.4 is 9.64 Å². The highest BCUT2D eigenvalue weighted by Gasteiger charge is 2.44. The number of amides is 3. The number of ether oxygens (including phenoxy) is 1. The van der Waals surface area contributed by atoms with E-state index in [1.165, 1.54) is 36.3 Å². The minimum Gasteiger partial charge on any atom is -0.497 e. The number of carbonyl (C=O) groups is 3. The summed E-state index contributed by atoms with van der Waals surface area (Å²) in [7, 11) is 1.52. The molecule has 1 aliphatic heterocycles. The van der Waals surface area contributed by atoms with E-state index in [-0.39, 0.29) is 24.2 Å². The normalized spacial score (nSPS) is 15.3. The molecule has 0 aliphatic carbocycles. The van der Waals surface area contributed by atoms with Crippen molar-refractivity contribution in [2.75, 3.05) is 12.0 Å². The molecule has 35 heavy (non-hydrogen) atoms. The van der Waals surface area contributed by atoms with Gasteiger partial charge in [0.25, 0.3) is 17.5 Å². The van der Waals surface area contributed by atoms with Crippen molar-refractivity contribution in [3.05, 3.63) is 99.6 Å². The van der Waals surface area contributed by atoms with Gasteiger partial charge in [0, 0.05) is 24.2 Å². The van der Waals surface area contributed by atoms with Gasteiger partial charge in [0.1, 0.15) is 11.8 Å². The number of nitrogens with zero attached hydrogens (tertiary/aromatic N) is 3. The van der Waals surface area contributed by atoms with Crippen molar-refractivity contribution in [2.45, 2.75) is 25.9 Å². The summed E-state index contributed by atoms with van der Waals surface area (Å²) >= 11 is 0. The van der Waals surface area contributed by atoms with Gasteiger partial charge in [-0.2, -0.15) is 0 Å². The van der Waals surface area contributed by atoms with Crippen molar-refractivity contribution >= 4 is 29.1 Å². The van der Waals surface area contributed by atoms with Crippen molar-refractivity contribution in [3.8, 4) is 5.75 Å². The number of imide groups is 1. The van der Waals surface area contributed by atoms with E-state index in [1.807, 2.05) is 31.2 Å². The van der Waals surface area contributed by atoms with Gasteiger partial charge in [-0.25, -0.2) is 4.90 Å². The number of nitro groups is 1. The van der Waals surface area contributed by atoms with Gasteiger partial charge >= 0.3 is 0 Å². The first-order chi connectivity index (χ1) is 16.8. The van der Waals surface area contributed by atoms with E-state index in [9.17, 15) is 24.5 Å². The molecule has 0 aromatic heterocycles. The lowest BCUT2D eigenvalue weighted by atomic mass is 10.1. The molecule has 1 fully saturated rings. The number of aryl methyl sites for hydroxylation is 1. The first-order valence-corrected chi connectivity index (χ1v) is 10.9. The Bertz CT molecular complexity index is 1270. The highest BCUT2D eigenvalue weighted by molar-refractivity contribution is 6.23. The average Bonchev–Trinajstić information content (AvgIpc) is 3.16. The fourth-order valence-electron chi connectivity index (χ4n) is 3.97. The SMILES string of the molecule is COc1ccc(N2C(=O)CC(N(Cc3ccc(C)cc3)C(=O)c3ccc([N+](=O)[O-])cc3)C2=O)cc1. The van der Waals surface area contributed by atoms with Gasteiger partial charge in [0.2, 0.25) is 5.91 Å². The number of rotatable bonds is 7. The molecule has 0 N–H and O–H groups in total. The highest BCUT2D eigenvalue weighted by Crippen LogP contribution is 2.29. The van der Waals surface area contributed by atoms with Crippen molar-refractivity contribution in [3.63, 3.8) is 0 Å². The van der Waals surface area contributed by atoms with Crippen LogP contribution in [-0.2, 0) is 16.1 Å². The van der Waals surface area contributed by atoms with E-state index >= 15 is 0 Å². The molecule has 0 saturated carbocycles. The average molecular weight is 473 g/mol. The van der Waals surface area contributed by atoms with E-state index < -0.39 is 28.7 Å². The Morgan fingerprint density at radius 1 is 1.03 bits per heavy atom. The van der Waals surface area contributed by atoms with Crippen LogP contribution in [0, 0.1) is 17.0 Å². The van der Waals surface area contributed by atoms with Crippen molar-refractivity contribution in [1.29, 1.82) is 0 Å². The molecule has 3 amide bonds. The minimum atomic E-state index is -1.02. The van der Waals surface area contributed by atoms with Gasteiger partial charge in [0.15, 0.2) is 0 Å². The van der Waals surface area contributed by atoms with Crippen LogP contribution in [0.25, 0.3) is 0 Å². The maximum absolute atomic E-state index is 13.5. The Balaban J connectivity index is 1.67. The maximum atomic E-state index is 13.5. The molecule has 3 aromatic rings. The molecule has 3 aromatic carbocycles. The fourth-order valence-corrected chi connectivity index (χ4v) is 3.97. The van der Waals surface area contributed by atoms with E-state index in [0.717, 1.165) is 16.0 Å². The van der Waals surface area contributed by atoms with Gasteiger partial charge < -0.3 is 9.64 Å². The summed E-state index contributed by atoms with van der Waals surface area (Å²) in [4.78, 5) is 52.7. The van der Waals surface area contributed by atoms with Crippen LogP contribution in [0.4, 0.5) is 11.4 Å². The second-order valence-corrected chi connectivity index (χ2v) is 8.21. The fraction of sp³-hybridized carbons (Fsp3) is 0.192. The summed E-state index contributed by atoms with van der Waals surface area (Å²) < 4.78 is 5.14. The molecule has 1 atom stereocenters. The highest BCUT2D eigenvalue weighted by atomic mass is 16.6. The molecular formula is C26H23N3O6. The quantitative estimate of drug-likeness (QED) is 0.293. The van der Waals surface area contributed by atoms with Crippen LogP contribution in [0.1, 0.15) is 27.9 Å². The largest absolute Gasteiger partial charge is 0.497 e. The van der Waals surface area contributed by atoms with E-state index in [0.29, 0.717) is 11.4 Å². The van der Waals surface area contributed by atoms with Crippen LogP contribution >= 0.6 is 0 Å². The summed E-state index contributed by atoms with van der Waals surface area (Å²) in [6.45, 7) is 2.03. The van der Waals surface area contributed by atoms with E-state index in [4.69, 9.17) is 4.74 Å². The Morgan fingerprint density at radius 3 is 2.23 bits per heavy atom. The first-order valence-electron chi connectivity index (χ1n) is 10.9. The van der Waals surface area contributed by atoms with Gasteiger partial charge in [-0.3, -0.25) is 24.5 Å². The van der Waals surface area contributed by atoms with E-state index in [1.54, 1.807) is 24.3 Å². The number of non-ortho nitro benzene ring substituents is 1. The summed E-state index contributed by atoms with van der Waals surface area (Å²) in [5.74, 6) is -0.847. The van der Waals surface area contributed by atoms with Gasteiger partial charge in [-0.1, -0.05) is 29.8 Å². The Labute approximate surface area is 201 Å². The third kappa shape index (κ3) is 4.89. The Morgan fingerprint density at radius 2 is 1.66 bits per heavy atom. The second-order valence-electron chi connectivity index (χ2n) is 8.21. The molecule has 1 unspecified atom stereocenters. The van der Waals surface area contributed by atoms with Crippen molar-refractivity contribution in [1.82, 2.24) is 4.90 Å². The van der Waals surface area contributed by atoms with Crippen LogP contribution in [-0.4, -0.2) is 40.7 Å². The predicted octanol–water partition coefficient (Wildman–Crippen LogP) is 3.89. The summed E-state index contributed by atoms with van der Waals surface area (Å²) in [6.07, 6.45) is -0.171. The Hall–Kier alpha value is -4.53. The van der Waals surface area contributed by atoms with Crippen molar-refractivity contribution in [2.24, 2.45) is 0 Å². The third-order valence-corrected chi connectivity index (χ3v) is 5.89. The van der Waals surface area contributed by atoms with Crippen LogP contribution in [0.5, 0.6) is 5.75 Å². The number of benzene rings is 3. The molecule has 0 spiro atoms. The summed E-state index contributed by atoms with van der Waals surface area (Å²) in [5, 5.41) is 11.0. The molecular weight excluding hydrogens is 450 g/mol.